The maximum Gasteiger partial charge on any atom is 0.241 e. The summed E-state index contributed by atoms with van der Waals surface area (Å²) in [6, 6.07) is 39.5. The summed E-state index contributed by atoms with van der Waals surface area (Å²) >= 11 is 0. The van der Waals surface area contributed by atoms with Gasteiger partial charge in [-0.05, 0) is 96.9 Å². The minimum atomic E-state index is -3.97. The van der Waals surface area contributed by atoms with E-state index in [1.165, 1.54) is 77.0 Å². The van der Waals surface area contributed by atoms with Crippen molar-refractivity contribution in [3.05, 3.63) is 161 Å². The number of aryl methyl sites for hydroxylation is 1. The Morgan fingerprint density at radius 2 is 1.28 bits per heavy atom. The molecule has 3 N–H and O–H groups in total. The Kier molecular flexibility index (Phi) is 21.1. The van der Waals surface area contributed by atoms with E-state index in [0.717, 1.165) is 70.6 Å². The second-order valence-corrected chi connectivity index (χ2v) is 20.1. The molecule has 1 amide bonds. The van der Waals surface area contributed by atoms with E-state index in [9.17, 15) is 18.3 Å². The van der Waals surface area contributed by atoms with Crippen molar-refractivity contribution in [1.82, 2.24) is 14.9 Å². The van der Waals surface area contributed by atoms with Crippen molar-refractivity contribution in [2.45, 2.75) is 153 Å². The van der Waals surface area contributed by atoms with Crippen LogP contribution in [0.4, 0.5) is 0 Å². The number of carbonyl (C=O) groups is 1. The highest BCUT2D eigenvalue weighted by Crippen LogP contribution is 2.39. The Morgan fingerprint density at radius 1 is 0.672 bits per heavy atom. The molecule has 0 aromatic heterocycles. The Morgan fingerprint density at radius 3 is 1.94 bits per heavy atom. The molecule has 1 heterocycles. The van der Waals surface area contributed by atoms with Crippen LogP contribution >= 0.6 is 0 Å². The molecule has 1 aliphatic rings. The summed E-state index contributed by atoms with van der Waals surface area (Å²) in [6.07, 6.45) is 15.4. The van der Waals surface area contributed by atoms with Crippen molar-refractivity contribution in [2.75, 3.05) is 19.6 Å². The number of hydrogen-bond donors (Lipinski definition) is 3. The second-order valence-electron chi connectivity index (χ2n) is 18.4. The monoisotopic (exact) mass is 930 g/mol. The number of hydrogen-bond acceptors (Lipinski definition) is 7. The zero-order chi connectivity index (χ0) is 47.3. The molecule has 6 rings (SSSR count). The molecule has 0 spiro atoms. The van der Waals surface area contributed by atoms with Gasteiger partial charge in [0.1, 0.15) is 6.04 Å². The molecule has 10 heteroatoms. The van der Waals surface area contributed by atoms with Gasteiger partial charge in [-0.3, -0.25) is 4.79 Å². The van der Waals surface area contributed by atoms with Crippen LogP contribution in [0.5, 0.6) is 0 Å². The molecule has 1 saturated heterocycles. The predicted octanol–water partition coefficient (Wildman–Crippen LogP) is 11.9. The van der Waals surface area contributed by atoms with Gasteiger partial charge in [-0.15, -0.1) is 0 Å². The molecule has 67 heavy (non-hydrogen) atoms. The molecule has 360 valence electrons. The molecule has 0 unspecified atom stereocenters. The minimum Gasteiger partial charge on any atom is -0.392 e. The average Bonchev–Trinajstić information content (AvgIpc) is 3.35. The highest BCUT2D eigenvalue weighted by molar-refractivity contribution is 7.89. The number of aliphatic hydroxyl groups is 1. The number of amides is 1. The molecule has 0 saturated carbocycles. The molecule has 5 aromatic carbocycles. The van der Waals surface area contributed by atoms with E-state index < -0.39 is 28.3 Å². The van der Waals surface area contributed by atoms with Gasteiger partial charge in [0.05, 0.1) is 23.7 Å². The van der Waals surface area contributed by atoms with Crippen molar-refractivity contribution in [3.63, 3.8) is 0 Å². The number of benzene rings is 5. The first-order chi connectivity index (χ1) is 32.6. The van der Waals surface area contributed by atoms with Gasteiger partial charge in [-0.2, -0.15) is 4.72 Å². The summed E-state index contributed by atoms with van der Waals surface area (Å²) in [6.45, 7) is 9.65. The van der Waals surface area contributed by atoms with Crippen molar-refractivity contribution in [3.8, 4) is 11.1 Å². The topological polar surface area (TPSA) is 117 Å². The molecule has 0 radical (unpaired) electrons. The maximum atomic E-state index is 13.8. The number of nitrogens with one attached hydrogen (secondary N) is 2. The summed E-state index contributed by atoms with van der Waals surface area (Å²) in [7, 11) is -3.97. The van der Waals surface area contributed by atoms with Crippen LogP contribution in [0.2, 0.25) is 0 Å². The molecular formula is C57H75N3O6S. The molecule has 5 aromatic rings. The smallest absolute Gasteiger partial charge is 0.241 e. The summed E-state index contributed by atoms with van der Waals surface area (Å²) in [4.78, 5) is 16.6. The van der Waals surface area contributed by atoms with E-state index in [-0.39, 0.29) is 36.7 Å². The van der Waals surface area contributed by atoms with E-state index >= 15 is 0 Å². The van der Waals surface area contributed by atoms with Crippen LogP contribution in [0, 0.1) is 6.92 Å². The standard InChI is InChI=1S/C57H75N3O6S/c1-4-6-8-10-12-17-35-60(36-18-13-11-9-7-5-2)42-52-40-55(48-31-29-46(43-61)30-32-48)66-57(65-52)51-26-20-25-50(39-51)49-24-19-23-47(37-49)41-58-56(62)54(38-45-21-15-14-16-22-45)59-67(63,64)53-33-27-44(3)28-34-53/h14-16,19-34,37,39,52,54-55,57,59,61H,4-13,17-18,35-36,38,40-43H2,1-3H3,(H,58,62)/t52-,54-,55+,57+/m1/s1. The third-order valence-electron chi connectivity index (χ3n) is 12.8. The normalized spacial score (nSPS) is 16.8. The van der Waals surface area contributed by atoms with Crippen molar-refractivity contribution in [1.29, 1.82) is 0 Å². The summed E-state index contributed by atoms with van der Waals surface area (Å²) < 4.78 is 43.4. The van der Waals surface area contributed by atoms with E-state index in [4.69, 9.17) is 9.47 Å². The Labute approximate surface area is 401 Å². The lowest BCUT2D eigenvalue weighted by Gasteiger charge is -2.38. The SMILES string of the molecule is CCCCCCCCN(CCCCCCCC)C[C@H]1C[C@@H](c2ccc(CO)cc2)O[C@@H](c2cccc(-c3cccc(CNC(=O)[C@@H](Cc4ccccc4)NS(=O)(=O)c4ccc(C)cc4)c3)c2)O1. The fourth-order valence-electron chi connectivity index (χ4n) is 8.90. The minimum absolute atomic E-state index is 0.00276. The lowest BCUT2D eigenvalue weighted by Crippen LogP contribution is -2.47. The van der Waals surface area contributed by atoms with Gasteiger partial charge in [0.15, 0.2) is 6.29 Å². The Hall–Kier alpha value is -4.68. The van der Waals surface area contributed by atoms with E-state index in [1.54, 1.807) is 24.3 Å². The zero-order valence-corrected chi connectivity index (χ0v) is 41.0. The molecule has 1 aliphatic heterocycles. The van der Waals surface area contributed by atoms with Crippen LogP contribution in [0.3, 0.4) is 0 Å². The molecule has 4 atom stereocenters. The molecule has 9 nitrogen and oxygen atoms in total. The van der Waals surface area contributed by atoms with Gasteiger partial charge in [0.25, 0.3) is 0 Å². The van der Waals surface area contributed by atoms with Crippen LogP contribution in [-0.4, -0.2) is 56.1 Å². The first kappa shape index (κ1) is 51.7. The quantitative estimate of drug-likeness (QED) is 0.0428. The number of aliphatic hydroxyl groups excluding tert-OH is 1. The number of ether oxygens (including phenoxy) is 2. The summed E-state index contributed by atoms with van der Waals surface area (Å²) in [5.41, 5.74) is 7.51. The van der Waals surface area contributed by atoms with E-state index in [0.29, 0.717) is 0 Å². The van der Waals surface area contributed by atoms with E-state index in [1.807, 2.05) is 67.6 Å². The van der Waals surface area contributed by atoms with Crippen molar-refractivity contribution in [2.24, 2.45) is 0 Å². The second kappa shape index (κ2) is 27.3. The number of nitrogens with zero attached hydrogens (tertiary/aromatic N) is 1. The lowest BCUT2D eigenvalue weighted by atomic mass is 9.98. The van der Waals surface area contributed by atoms with Crippen LogP contribution in [0.25, 0.3) is 11.1 Å². The lowest BCUT2D eigenvalue weighted by molar-refractivity contribution is -0.253. The third-order valence-corrected chi connectivity index (χ3v) is 14.3. The van der Waals surface area contributed by atoms with Gasteiger partial charge < -0.3 is 24.8 Å². The van der Waals surface area contributed by atoms with Gasteiger partial charge in [-0.1, -0.05) is 187 Å². The van der Waals surface area contributed by atoms with Crippen LogP contribution in [0.1, 0.15) is 143 Å². The number of rotatable bonds is 28. The number of sulfonamides is 1. The van der Waals surface area contributed by atoms with Gasteiger partial charge in [0, 0.05) is 25.1 Å². The fraction of sp³-hybridized carbons (Fsp3) is 0.456. The van der Waals surface area contributed by atoms with E-state index in [2.05, 4.69) is 71.3 Å². The van der Waals surface area contributed by atoms with Crippen molar-refractivity contribution >= 4 is 15.9 Å². The summed E-state index contributed by atoms with van der Waals surface area (Å²) in [5, 5.41) is 12.8. The van der Waals surface area contributed by atoms with Gasteiger partial charge in [-0.25, -0.2) is 8.42 Å². The molecule has 0 bridgehead atoms. The van der Waals surface area contributed by atoms with Gasteiger partial charge in [0.2, 0.25) is 15.9 Å². The first-order valence-corrected chi connectivity index (χ1v) is 26.4. The third kappa shape index (κ3) is 16.8. The average molecular weight is 930 g/mol. The highest BCUT2D eigenvalue weighted by Gasteiger charge is 2.33. The fourth-order valence-corrected chi connectivity index (χ4v) is 10.1. The first-order valence-electron chi connectivity index (χ1n) is 25.0. The molecular weight excluding hydrogens is 855 g/mol. The zero-order valence-electron chi connectivity index (χ0n) is 40.2. The van der Waals surface area contributed by atoms with Crippen molar-refractivity contribution < 1.29 is 27.8 Å². The number of unbranched alkanes of at least 4 members (excludes halogenated alkanes) is 10. The predicted molar refractivity (Wildman–Crippen MR) is 271 cm³/mol. The molecule has 0 aliphatic carbocycles. The van der Waals surface area contributed by atoms with Gasteiger partial charge >= 0.3 is 0 Å². The van der Waals surface area contributed by atoms with Crippen LogP contribution in [-0.2, 0) is 43.9 Å². The Bertz CT molecular complexity index is 2310. The molecule has 1 fully saturated rings. The number of carbonyl (C=O) groups excluding carboxylic acids is 1. The highest BCUT2D eigenvalue weighted by atomic mass is 32.2. The Balaban J connectivity index is 1.17. The maximum absolute atomic E-state index is 13.8. The summed E-state index contributed by atoms with van der Waals surface area (Å²) in [5.74, 6) is -0.411. The van der Waals surface area contributed by atoms with Crippen LogP contribution in [0.15, 0.2) is 132 Å². The largest absolute Gasteiger partial charge is 0.392 e. The van der Waals surface area contributed by atoms with Crippen LogP contribution < -0.4 is 10.0 Å².